The minimum Gasteiger partial charge on any atom is -0.254 e. The molecular weight excluding hydrogens is 350 g/mol. The highest BCUT2D eigenvalue weighted by Gasteiger charge is 2.05. The molecule has 0 spiro atoms. The Morgan fingerprint density at radius 3 is 2.00 bits per heavy atom. The monoisotopic (exact) mass is 385 g/mol. The molecule has 148 valence electrons. The third kappa shape index (κ3) is 10.8. The van der Waals surface area contributed by atoms with Crippen LogP contribution in [-0.4, -0.2) is 4.98 Å². The maximum Gasteiger partial charge on any atom is 0.0842 e. The van der Waals surface area contributed by atoms with Crippen LogP contribution in [-0.2, 0) is 0 Å². The number of aromatic nitrogens is 1. The first kappa shape index (κ1) is 25.1. The summed E-state index contributed by atoms with van der Waals surface area (Å²) < 4.78 is 0. The molecule has 2 rings (SSSR count). The van der Waals surface area contributed by atoms with Crippen molar-refractivity contribution in [3.8, 4) is 11.1 Å². The topological polar surface area (TPSA) is 12.9 Å². The SMILES string of the molecule is C/C=C(/Cl)c1ncc(-c2ccccc2)cc1C.C=C(C)CC.CCCCC. The quantitative estimate of drug-likeness (QED) is 0.468. The van der Waals surface area contributed by atoms with Crippen molar-refractivity contribution in [2.24, 2.45) is 0 Å². The average Bonchev–Trinajstić information content (AvgIpc) is 2.69. The van der Waals surface area contributed by atoms with Gasteiger partial charge in [0.1, 0.15) is 0 Å². The molecule has 0 N–H and O–H groups in total. The lowest BCUT2D eigenvalue weighted by atomic mass is 10.0. The van der Waals surface area contributed by atoms with E-state index in [2.05, 4.69) is 50.5 Å². The Balaban J connectivity index is 0.000000563. The summed E-state index contributed by atoms with van der Waals surface area (Å²) in [7, 11) is 0. The Kier molecular flexibility index (Phi) is 14.2. The largest absolute Gasteiger partial charge is 0.254 e. The average molecular weight is 386 g/mol. The molecule has 1 nitrogen and oxygen atoms in total. The summed E-state index contributed by atoms with van der Waals surface area (Å²) in [5.41, 5.74) is 5.49. The van der Waals surface area contributed by atoms with Gasteiger partial charge in [0.15, 0.2) is 0 Å². The Bertz CT molecular complexity index is 685. The fourth-order valence-corrected chi connectivity index (χ4v) is 2.30. The van der Waals surface area contributed by atoms with E-state index in [-0.39, 0.29) is 0 Å². The zero-order valence-corrected chi connectivity index (χ0v) is 18.7. The number of unbranched alkanes of at least 4 members (excludes halogenated alkanes) is 2. The van der Waals surface area contributed by atoms with Crippen molar-refractivity contribution < 1.29 is 0 Å². The van der Waals surface area contributed by atoms with Gasteiger partial charge in [-0.25, -0.2) is 0 Å². The number of aryl methyl sites for hydroxylation is 1. The predicted molar refractivity (Wildman–Crippen MR) is 124 cm³/mol. The van der Waals surface area contributed by atoms with Gasteiger partial charge >= 0.3 is 0 Å². The van der Waals surface area contributed by atoms with Gasteiger partial charge in [0.25, 0.3) is 0 Å². The van der Waals surface area contributed by atoms with E-state index in [4.69, 9.17) is 11.6 Å². The van der Waals surface area contributed by atoms with Crippen LogP contribution in [0.15, 0.2) is 60.8 Å². The summed E-state index contributed by atoms with van der Waals surface area (Å²) >= 11 is 6.09. The molecule has 1 heterocycles. The van der Waals surface area contributed by atoms with Crippen LogP contribution in [0.2, 0.25) is 0 Å². The summed E-state index contributed by atoms with van der Waals surface area (Å²) in [6.07, 6.45) is 8.91. The van der Waals surface area contributed by atoms with E-state index in [9.17, 15) is 0 Å². The number of halogens is 1. The molecule has 0 fully saturated rings. The lowest BCUT2D eigenvalue weighted by molar-refractivity contribution is 0.772. The van der Waals surface area contributed by atoms with Crippen molar-refractivity contribution in [1.29, 1.82) is 0 Å². The van der Waals surface area contributed by atoms with E-state index in [0.29, 0.717) is 5.03 Å². The minimum absolute atomic E-state index is 0.696. The molecule has 0 saturated heterocycles. The lowest BCUT2D eigenvalue weighted by Crippen LogP contribution is -1.91. The molecule has 0 radical (unpaired) electrons. The van der Waals surface area contributed by atoms with Gasteiger partial charge in [0.2, 0.25) is 0 Å². The van der Waals surface area contributed by atoms with E-state index in [0.717, 1.165) is 23.2 Å². The summed E-state index contributed by atoms with van der Waals surface area (Å²) in [5, 5.41) is 0.696. The first-order valence-corrected chi connectivity index (χ1v) is 10.3. The maximum absolute atomic E-state index is 6.09. The molecule has 0 atom stereocenters. The van der Waals surface area contributed by atoms with Crippen LogP contribution < -0.4 is 0 Å². The van der Waals surface area contributed by atoms with Crippen molar-refractivity contribution in [1.82, 2.24) is 4.98 Å². The molecule has 0 amide bonds. The molecule has 1 aromatic heterocycles. The van der Waals surface area contributed by atoms with Gasteiger partial charge in [-0.1, -0.05) is 93.6 Å². The number of rotatable bonds is 5. The van der Waals surface area contributed by atoms with E-state index < -0.39 is 0 Å². The van der Waals surface area contributed by atoms with Crippen molar-refractivity contribution >= 4 is 16.6 Å². The zero-order chi connectivity index (χ0) is 20.7. The number of hydrogen-bond acceptors (Lipinski definition) is 1. The molecule has 0 aliphatic rings. The zero-order valence-electron chi connectivity index (χ0n) is 18.0. The molecule has 0 aliphatic carbocycles. The summed E-state index contributed by atoms with van der Waals surface area (Å²) in [5.74, 6) is 0. The summed E-state index contributed by atoms with van der Waals surface area (Å²) in [6.45, 7) is 16.2. The van der Waals surface area contributed by atoms with Gasteiger partial charge in [-0.2, -0.15) is 0 Å². The van der Waals surface area contributed by atoms with Gasteiger partial charge in [0.05, 0.1) is 10.7 Å². The number of hydrogen-bond donors (Lipinski definition) is 0. The number of benzene rings is 1. The second-order valence-corrected chi connectivity index (χ2v) is 6.96. The van der Waals surface area contributed by atoms with Crippen LogP contribution in [0.5, 0.6) is 0 Å². The highest BCUT2D eigenvalue weighted by atomic mass is 35.5. The number of allylic oxidation sites excluding steroid dienone is 2. The van der Waals surface area contributed by atoms with Crippen LogP contribution in [0, 0.1) is 6.92 Å². The van der Waals surface area contributed by atoms with E-state index in [1.165, 1.54) is 30.4 Å². The number of pyridine rings is 1. The Morgan fingerprint density at radius 1 is 1.07 bits per heavy atom. The molecule has 27 heavy (non-hydrogen) atoms. The van der Waals surface area contributed by atoms with Crippen molar-refractivity contribution in [3.05, 3.63) is 72.1 Å². The normalized spacial score (nSPS) is 10.3. The van der Waals surface area contributed by atoms with E-state index in [1.54, 1.807) is 0 Å². The van der Waals surface area contributed by atoms with Gasteiger partial charge in [0, 0.05) is 11.8 Å². The number of nitrogens with zero attached hydrogens (tertiary/aromatic N) is 1. The van der Waals surface area contributed by atoms with Gasteiger partial charge < -0.3 is 0 Å². The second kappa shape index (κ2) is 15.2. The maximum atomic E-state index is 6.09. The third-order valence-electron chi connectivity index (χ3n) is 3.98. The van der Waals surface area contributed by atoms with Gasteiger partial charge in [-0.15, -0.1) is 6.58 Å². The van der Waals surface area contributed by atoms with Crippen LogP contribution in [0.4, 0.5) is 0 Å². The smallest absolute Gasteiger partial charge is 0.0842 e. The van der Waals surface area contributed by atoms with Crippen LogP contribution in [0.1, 0.15) is 71.6 Å². The van der Waals surface area contributed by atoms with Gasteiger partial charge in [-0.3, -0.25) is 4.98 Å². The Hall–Kier alpha value is -1.86. The summed E-state index contributed by atoms with van der Waals surface area (Å²) in [4.78, 5) is 4.43. The lowest BCUT2D eigenvalue weighted by Gasteiger charge is -2.06. The fourth-order valence-electron chi connectivity index (χ4n) is 2.10. The van der Waals surface area contributed by atoms with Crippen LogP contribution >= 0.6 is 11.6 Å². The molecule has 2 aromatic rings. The first-order chi connectivity index (χ1) is 12.9. The van der Waals surface area contributed by atoms with Crippen LogP contribution in [0.25, 0.3) is 16.2 Å². The van der Waals surface area contributed by atoms with Gasteiger partial charge in [-0.05, 0) is 44.4 Å². The highest BCUT2D eigenvalue weighted by molar-refractivity contribution is 6.48. The Morgan fingerprint density at radius 2 is 1.63 bits per heavy atom. The van der Waals surface area contributed by atoms with E-state index >= 15 is 0 Å². The fraction of sp³-hybridized carbons (Fsp3) is 0.400. The molecule has 0 unspecified atom stereocenters. The third-order valence-corrected chi connectivity index (χ3v) is 4.37. The van der Waals surface area contributed by atoms with E-state index in [1.807, 2.05) is 51.2 Å². The molecule has 0 bridgehead atoms. The second-order valence-electron chi connectivity index (χ2n) is 6.56. The summed E-state index contributed by atoms with van der Waals surface area (Å²) in [6, 6.07) is 12.3. The van der Waals surface area contributed by atoms with Crippen molar-refractivity contribution in [2.75, 3.05) is 0 Å². The molecule has 1 aromatic carbocycles. The van der Waals surface area contributed by atoms with Crippen LogP contribution in [0.3, 0.4) is 0 Å². The first-order valence-electron chi connectivity index (χ1n) is 9.89. The van der Waals surface area contributed by atoms with Crippen molar-refractivity contribution in [3.63, 3.8) is 0 Å². The molecule has 0 saturated carbocycles. The standard InChI is InChI=1S/C15H14ClN.C5H10.C5H12/c1-3-14(16)15-11(2)9-13(10-17-15)12-7-5-4-6-8-12;1-4-5(2)3;1-3-5-4-2/h3-10H,1-2H3;2,4H2,1,3H3;3-5H2,1-2H3/b14-3+;;. The highest BCUT2D eigenvalue weighted by Crippen LogP contribution is 2.25. The molecule has 2 heteroatoms. The molecule has 0 aliphatic heterocycles. The Labute approximate surface area is 172 Å². The van der Waals surface area contributed by atoms with Crippen molar-refractivity contribution in [2.45, 2.75) is 67.2 Å². The predicted octanol–water partition coefficient (Wildman–Crippen LogP) is 8.83. The molecular formula is C25H36ClN. The minimum atomic E-state index is 0.696.